The van der Waals surface area contributed by atoms with Crippen molar-refractivity contribution in [2.45, 2.75) is 7.43 Å². The minimum Gasteiger partial charge on any atom is -0.693 e. The first-order valence-corrected chi connectivity index (χ1v) is 0. The summed E-state index contributed by atoms with van der Waals surface area (Å²) in [5.41, 5.74) is 0. The molecule has 2 heteroatoms. The number of nitrogens with two attached hydrogens (primary N) is 1. The Morgan fingerprint density at radius 1 is 1.00 bits per heavy atom. The molecule has 0 amide bonds. The maximum Gasteiger partial charge on any atom is 2.00 e. The van der Waals surface area contributed by atoms with Crippen LogP contribution in [0.5, 0.6) is 0 Å². The summed E-state index contributed by atoms with van der Waals surface area (Å²) < 4.78 is 0. The summed E-state index contributed by atoms with van der Waals surface area (Å²) in [6, 6.07) is 0. The van der Waals surface area contributed by atoms with Gasteiger partial charge in [-0.2, -0.15) is 0 Å². The predicted octanol–water partition coefficient (Wildman–Crippen LogP) is 1.80. The van der Waals surface area contributed by atoms with Gasteiger partial charge in [-0.05, 0) is 0 Å². The smallest absolute Gasteiger partial charge is 0.693 e. The molecule has 0 aliphatic carbocycles. The average Bonchev–Trinajstić information content (AvgIpc) is 0. The van der Waals surface area contributed by atoms with Crippen molar-refractivity contribution in [2.24, 2.45) is 0 Å². The van der Waals surface area contributed by atoms with E-state index in [4.69, 9.17) is 0 Å². The fourth-order valence-electron chi connectivity index (χ4n) is 0. The number of hydrogen-bond acceptors (Lipinski definition) is 0. The zero-order chi connectivity index (χ0) is 0. The summed E-state index contributed by atoms with van der Waals surface area (Å²) in [5, 5.41) is 0. The minimum absolute atomic E-state index is 0. The summed E-state index contributed by atoms with van der Waals surface area (Å²) in [6.45, 7) is 0. The molecular formula is C2H9NV. The SMILES string of the molecule is C.[CH3-].[NH2-].[V+2]. The van der Waals surface area contributed by atoms with E-state index in [1.807, 2.05) is 0 Å². The third-order valence-corrected chi connectivity index (χ3v) is 0. The maximum absolute atomic E-state index is 0. The molecule has 0 fully saturated rings. The molecule has 0 spiro atoms. The maximum atomic E-state index is 0. The molecule has 4 heavy (non-hydrogen) atoms. The van der Waals surface area contributed by atoms with Gasteiger partial charge in [0, 0.05) is 0 Å². The molecule has 0 rings (SSSR count). The van der Waals surface area contributed by atoms with Crippen LogP contribution in [0, 0.1) is 7.43 Å². The Labute approximate surface area is 40.3 Å². The molecular weight excluding hydrogens is 89.0 g/mol. The van der Waals surface area contributed by atoms with Crippen LogP contribution in [-0.2, 0) is 18.6 Å². The Bertz CT molecular complexity index is 6.00. The fourth-order valence-corrected chi connectivity index (χ4v) is 0. The molecule has 0 aromatic heterocycles. The van der Waals surface area contributed by atoms with E-state index in [-0.39, 0.29) is 39.6 Å². The third-order valence-electron chi connectivity index (χ3n) is 0. The molecule has 0 unspecified atom stereocenters. The second-order valence-corrected chi connectivity index (χ2v) is 0. The Morgan fingerprint density at radius 2 is 1.00 bits per heavy atom. The second-order valence-electron chi connectivity index (χ2n) is 0. The molecule has 0 bridgehead atoms. The van der Waals surface area contributed by atoms with Crippen LogP contribution in [0.15, 0.2) is 0 Å². The van der Waals surface area contributed by atoms with Crippen LogP contribution in [0.4, 0.5) is 0 Å². The van der Waals surface area contributed by atoms with Gasteiger partial charge in [0.1, 0.15) is 0 Å². The Hall–Kier alpha value is 0.544. The molecule has 27 valence electrons. The van der Waals surface area contributed by atoms with E-state index in [0.29, 0.717) is 0 Å². The van der Waals surface area contributed by atoms with E-state index in [0.717, 1.165) is 0 Å². The van der Waals surface area contributed by atoms with Gasteiger partial charge in [0.15, 0.2) is 0 Å². The summed E-state index contributed by atoms with van der Waals surface area (Å²) >= 11 is 0. The van der Waals surface area contributed by atoms with E-state index in [1.165, 1.54) is 0 Å². The minimum atomic E-state index is 0. The van der Waals surface area contributed by atoms with Crippen molar-refractivity contribution >= 4 is 0 Å². The molecule has 1 radical (unpaired) electrons. The second kappa shape index (κ2) is 77.4. The van der Waals surface area contributed by atoms with E-state index >= 15 is 0 Å². The van der Waals surface area contributed by atoms with Crippen molar-refractivity contribution in [1.29, 1.82) is 0 Å². The van der Waals surface area contributed by atoms with Gasteiger partial charge in [0.05, 0.1) is 0 Å². The van der Waals surface area contributed by atoms with E-state index in [1.54, 1.807) is 0 Å². The van der Waals surface area contributed by atoms with Gasteiger partial charge in [0.25, 0.3) is 0 Å². The molecule has 0 saturated heterocycles. The van der Waals surface area contributed by atoms with Crippen LogP contribution in [0.3, 0.4) is 0 Å². The van der Waals surface area contributed by atoms with Crippen LogP contribution >= 0.6 is 0 Å². The molecule has 1 nitrogen and oxygen atoms in total. The first kappa shape index (κ1) is 193. The van der Waals surface area contributed by atoms with Crippen molar-refractivity contribution in [3.63, 3.8) is 0 Å². The normalized spacial score (nSPS) is 0. The standard InChI is InChI=1S/CH4.CH3.H2N.V/h1H4;1H3;1H2;/q;2*-1;+2. The molecule has 2 N–H and O–H groups in total. The average molecular weight is 98.0 g/mol. The van der Waals surface area contributed by atoms with Gasteiger partial charge in [-0.25, -0.2) is 0 Å². The van der Waals surface area contributed by atoms with E-state index in [9.17, 15) is 0 Å². The summed E-state index contributed by atoms with van der Waals surface area (Å²) in [4.78, 5) is 0. The van der Waals surface area contributed by atoms with Gasteiger partial charge in [-0.3, -0.25) is 0 Å². The van der Waals surface area contributed by atoms with Crippen molar-refractivity contribution in [3.8, 4) is 0 Å². The molecule has 0 aliphatic rings. The molecule has 0 heterocycles. The van der Waals surface area contributed by atoms with Crippen LogP contribution in [0.1, 0.15) is 7.43 Å². The van der Waals surface area contributed by atoms with E-state index in [2.05, 4.69) is 0 Å². The van der Waals surface area contributed by atoms with Gasteiger partial charge < -0.3 is 13.6 Å². The topological polar surface area (TPSA) is 33.5 Å². The monoisotopic (exact) mass is 98.0 g/mol. The summed E-state index contributed by atoms with van der Waals surface area (Å²) in [7, 11) is 0. The van der Waals surface area contributed by atoms with Gasteiger partial charge in [-0.1, -0.05) is 7.43 Å². The van der Waals surface area contributed by atoms with Crippen molar-refractivity contribution in [3.05, 3.63) is 13.6 Å². The summed E-state index contributed by atoms with van der Waals surface area (Å²) in [6.07, 6.45) is 0. The molecule has 0 aromatic carbocycles. The first-order chi connectivity index (χ1) is 0. The van der Waals surface area contributed by atoms with Gasteiger partial charge in [0.2, 0.25) is 0 Å². The Balaban J connectivity index is 0. The predicted molar refractivity (Wildman–Crippen MR) is 18.4 cm³/mol. The molecule has 0 atom stereocenters. The largest absolute Gasteiger partial charge is 2.00 e. The number of rotatable bonds is 0. The Morgan fingerprint density at radius 3 is 1.00 bits per heavy atom. The molecule has 0 aliphatic heterocycles. The summed E-state index contributed by atoms with van der Waals surface area (Å²) in [5.74, 6) is 0. The van der Waals surface area contributed by atoms with E-state index < -0.39 is 0 Å². The van der Waals surface area contributed by atoms with Gasteiger partial charge in [-0.15, -0.1) is 0 Å². The van der Waals surface area contributed by atoms with Crippen LogP contribution < -0.4 is 0 Å². The molecule has 0 saturated carbocycles. The van der Waals surface area contributed by atoms with Crippen LogP contribution in [-0.4, -0.2) is 0 Å². The van der Waals surface area contributed by atoms with Crippen LogP contribution in [0.25, 0.3) is 6.15 Å². The molecule has 0 aromatic rings. The Kier molecular flexibility index (Phi) is 3730. The van der Waals surface area contributed by atoms with Crippen molar-refractivity contribution < 1.29 is 18.6 Å². The third kappa shape index (κ3) is 20.5. The first-order valence-electron chi connectivity index (χ1n) is 0. The van der Waals surface area contributed by atoms with Crippen molar-refractivity contribution in [2.75, 3.05) is 0 Å². The zero-order valence-electron chi connectivity index (χ0n) is 2.02. The van der Waals surface area contributed by atoms with Gasteiger partial charge >= 0.3 is 18.6 Å². The quantitative estimate of drug-likeness (QED) is 0.414. The zero-order valence-corrected chi connectivity index (χ0v) is 3.42. The fraction of sp³-hybridized carbons (Fsp3) is 0.500. The van der Waals surface area contributed by atoms with Crippen molar-refractivity contribution in [1.82, 2.24) is 0 Å². The number of hydrogen-bond donors (Lipinski definition) is 0. The van der Waals surface area contributed by atoms with Crippen LogP contribution in [0.2, 0.25) is 0 Å².